The van der Waals surface area contributed by atoms with Gasteiger partial charge in [-0.1, -0.05) is 24.3 Å². The SMILES string of the molecule is COCCCN(C)CC(=O)NCc1ccc(COC)cc1. The van der Waals surface area contributed by atoms with Gasteiger partial charge in [-0.25, -0.2) is 0 Å². The van der Waals surface area contributed by atoms with Crippen LogP contribution in [0.2, 0.25) is 0 Å². The number of ether oxygens (including phenoxy) is 2. The average molecular weight is 294 g/mol. The van der Waals surface area contributed by atoms with Gasteiger partial charge in [-0.3, -0.25) is 9.69 Å². The van der Waals surface area contributed by atoms with Crippen LogP contribution in [0, 0.1) is 0 Å². The van der Waals surface area contributed by atoms with Gasteiger partial charge >= 0.3 is 0 Å². The molecule has 1 amide bonds. The van der Waals surface area contributed by atoms with Crippen LogP contribution >= 0.6 is 0 Å². The molecule has 0 bridgehead atoms. The average Bonchev–Trinajstić information content (AvgIpc) is 2.47. The number of hydrogen-bond donors (Lipinski definition) is 1. The molecule has 5 heteroatoms. The number of carbonyl (C=O) groups is 1. The molecule has 0 saturated heterocycles. The summed E-state index contributed by atoms with van der Waals surface area (Å²) in [5.74, 6) is 0.0379. The molecule has 118 valence electrons. The highest BCUT2D eigenvalue weighted by Crippen LogP contribution is 2.05. The van der Waals surface area contributed by atoms with Crippen LogP contribution in [0.15, 0.2) is 24.3 Å². The van der Waals surface area contributed by atoms with Crippen molar-refractivity contribution in [1.29, 1.82) is 0 Å². The highest BCUT2D eigenvalue weighted by Gasteiger charge is 2.06. The number of amides is 1. The summed E-state index contributed by atoms with van der Waals surface area (Å²) >= 11 is 0. The van der Waals surface area contributed by atoms with Crippen molar-refractivity contribution in [2.24, 2.45) is 0 Å². The second kappa shape index (κ2) is 10.3. The minimum Gasteiger partial charge on any atom is -0.385 e. The lowest BCUT2D eigenvalue weighted by molar-refractivity contribution is -0.122. The number of nitrogens with zero attached hydrogens (tertiary/aromatic N) is 1. The Morgan fingerprint density at radius 2 is 1.81 bits per heavy atom. The van der Waals surface area contributed by atoms with E-state index in [1.165, 1.54) is 0 Å². The molecule has 0 fully saturated rings. The van der Waals surface area contributed by atoms with Crippen molar-refractivity contribution in [2.45, 2.75) is 19.6 Å². The summed E-state index contributed by atoms with van der Waals surface area (Å²) in [6, 6.07) is 8.05. The standard InChI is InChI=1S/C16H26N2O3/c1-18(9-4-10-20-2)12-16(19)17-11-14-5-7-15(8-6-14)13-21-3/h5-8H,4,9-13H2,1-3H3,(H,17,19). The van der Waals surface area contributed by atoms with E-state index in [0.717, 1.165) is 30.7 Å². The zero-order chi connectivity index (χ0) is 15.5. The first-order valence-electron chi connectivity index (χ1n) is 7.16. The fraction of sp³-hybridized carbons (Fsp3) is 0.562. The number of methoxy groups -OCH3 is 2. The summed E-state index contributed by atoms with van der Waals surface area (Å²) in [5, 5.41) is 2.93. The fourth-order valence-electron chi connectivity index (χ4n) is 1.98. The first kappa shape index (κ1) is 17.6. The molecular formula is C16H26N2O3. The summed E-state index contributed by atoms with van der Waals surface area (Å²) in [5.41, 5.74) is 2.22. The van der Waals surface area contributed by atoms with Gasteiger partial charge in [0.15, 0.2) is 0 Å². The van der Waals surface area contributed by atoms with E-state index in [1.807, 2.05) is 36.2 Å². The van der Waals surface area contributed by atoms with Crippen LogP contribution in [0.4, 0.5) is 0 Å². The number of rotatable bonds is 10. The quantitative estimate of drug-likeness (QED) is 0.663. The Labute approximate surface area is 127 Å². The maximum atomic E-state index is 11.8. The smallest absolute Gasteiger partial charge is 0.234 e. The Morgan fingerprint density at radius 3 is 2.43 bits per heavy atom. The molecule has 1 aromatic carbocycles. The summed E-state index contributed by atoms with van der Waals surface area (Å²) in [6.07, 6.45) is 0.932. The number of carbonyl (C=O) groups excluding carboxylic acids is 1. The van der Waals surface area contributed by atoms with Crippen LogP contribution in [0.3, 0.4) is 0 Å². The molecule has 0 heterocycles. The summed E-state index contributed by atoms with van der Waals surface area (Å²) in [6.45, 7) is 3.15. The Balaban J connectivity index is 2.25. The summed E-state index contributed by atoms with van der Waals surface area (Å²) < 4.78 is 10.1. The van der Waals surface area contributed by atoms with Crippen LogP contribution in [0.1, 0.15) is 17.5 Å². The molecule has 21 heavy (non-hydrogen) atoms. The molecule has 0 unspecified atom stereocenters. The summed E-state index contributed by atoms with van der Waals surface area (Å²) in [4.78, 5) is 13.8. The van der Waals surface area contributed by atoms with Gasteiger partial charge in [-0.05, 0) is 24.6 Å². The van der Waals surface area contributed by atoms with Gasteiger partial charge in [0.1, 0.15) is 0 Å². The second-order valence-electron chi connectivity index (χ2n) is 5.11. The third-order valence-electron chi connectivity index (χ3n) is 3.13. The zero-order valence-electron chi connectivity index (χ0n) is 13.2. The van der Waals surface area contributed by atoms with E-state index in [2.05, 4.69) is 5.32 Å². The molecule has 1 rings (SSSR count). The maximum absolute atomic E-state index is 11.8. The second-order valence-corrected chi connectivity index (χ2v) is 5.11. The first-order chi connectivity index (χ1) is 10.2. The molecule has 0 spiro atoms. The van der Waals surface area contributed by atoms with Crippen molar-refractivity contribution < 1.29 is 14.3 Å². The highest BCUT2D eigenvalue weighted by molar-refractivity contribution is 5.77. The van der Waals surface area contributed by atoms with E-state index < -0.39 is 0 Å². The zero-order valence-corrected chi connectivity index (χ0v) is 13.2. The topological polar surface area (TPSA) is 50.8 Å². The Bertz CT molecular complexity index is 406. The van der Waals surface area contributed by atoms with Crippen molar-refractivity contribution in [3.8, 4) is 0 Å². The van der Waals surface area contributed by atoms with Gasteiger partial charge in [-0.2, -0.15) is 0 Å². The number of likely N-dealkylation sites (N-methyl/N-ethyl adjacent to an activating group) is 1. The van der Waals surface area contributed by atoms with Crippen LogP contribution in [-0.2, 0) is 27.4 Å². The highest BCUT2D eigenvalue weighted by atomic mass is 16.5. The van der Waals surface area contributed by atoms with E-state index in [-0.39, 0.29) is 5.91 Å². The molecule has 0 atom stereocenters. The number of nitrogens with one attached hydrogen (secondary N) is 1. The number of benzene rings is 1. The largest absolute Gasteiger partial charge is 0.385 e. The number of hydrogen-bond acceptors (Lipinski definition) is 4. The normalized spacial score (nSPS) is 10.9. The molecule has 0 saturated carbocycles. The summed E-state index contributed by atoms with van der Waals surface area (Å²) in [7, 11) is 5.30. The maximum Gasteiger partial charge on any atom is 0.234 e. The van der Waals surface area contributed by atoms with E-state index in [9.17, 15) is 4.79 Å². The Hall–Kier alpha value is -1.43. The molecule has 0 aliphatic heterocycles. The minimum absolute atomic E-state index is 0.0379. The third kappa shape index (κ3) is 7.80. The van der Waals surface area contributed by atoms with Gasteiger partial charge in [-0.15, -0.1) is 0 Å². The minimum atomic E-state index is 0.0379. The van der Waals surface area contributed by atoms with E-state index in [4.69, 9.17) is 9.47 Å². The predicted octanol–water partition coefficient (Wildman–Crippen LogP) is 1.42. The molecule has 0 radical (unpaired) electrons. The van der Waals surface area contributed by atoms with E-state index in [1.54, 1.807) is 14.2 Å². The van der Waals surface area contributed by atoms with E-state index in [0.29, 0.717) is 19.7 Å². The van der Waals surface area contributed by atoms with Crippen molar-refractivity contribution >= 4 is 5.91 Å². The lowest BCUT2D eigenvalue weighted by atomic mass is 10.1. The van der Waals surface area contributed by atoms with Gasteiger partial charge in [0.05, 0.1) is 13.2 Å². The van der Waals surface area contributed by atoms with Gasteiger partial charge in [0, 0.05) is 33.9 Å². The predicted molar refractivity (Wildman–Crippen MR) is 83.0 cm³/mol. The van der Waals surface area contributed by atoms with E-state index >= 15 is 0 Å². The lowest BCUT2D eigenvalue weighted by Gasteiger charge is -2.16. The van der Waals surface area contributed by atoms with Gasteiger partial charge in [0.2, 0.25) is 5.91 Å². The van der Waals surface area contributed by atoms with Crippen LogP contribution < -0.4 is 5.32 Å². The monoisotopic (exact) mass is 294 g/mol. The molecule has 0 aliphatic carbocycles. The fourth-order valence-corrected chi connectivity index (χ4v) is 1.98. The third-order valence-corrected chi connectivity index (χ3v) is 3.13. The van der Waals surface area contributed by atoms with Crippen molar-refractivity contribution in [1.82, 2.24) is 10.2 Å². The molecule has 0 aliphatic rings. The van der Waals surface area contributed by atoms with Gasteiger partial charge in [0.25, 0.3) is 0 Å². The first-order valence-corrected chi connectivity index (χ1v) is 7.16. The van der Waals surface area contributed by atoms with Crippen molar-refractivity contribution in [3.05, 3.63) is 35.4 Å². The molecule has 5 nitrogen and oxygen atoms in total. The van der Waals surface area contributed by atoms with Crippen molar-refractivity contribution in [2.75, 3.05) is 41.0 Å². The molecular weight excluding hydrogens is 268 g/mol. The van der Waals surface area contributed by atoms with Crippen LogP contribution in [0.25, 0.3) is 0 Å². The van der Waals surface area contributed by atoms with Crippen LogP contribution in [0.5, 0.6) is 0 Å². The Kier molecular flexibility index (Phi) is 8.66. The van der Waals surface area contributed by atoms with Gasteiger partial charge < -0.3 is 14.8 Å². The molecule has 0 aromatic heterocycles. The van der Waals surface area contributed by atoms with Crippen molar-refractivity contribution in [3.63, 3.8) is 0 Å². The lowest BCUT2D eigenvalue weighted by Crippen LogP contribution is -2.35. The Morgan fingerprint density at radius 1 is 1.14 bits per heavy atom. The van der Waals surface area contributed by atoms with Crippen LogP contribution in [-0.4, -0.2) is 51.8 Å². The molecule has 1 aromatic rings. The molecule has 1 N–H and O–H groups in total.